The highest BCUT2D eigenvalue weighted by Gasteiger charge is 2.29. The van der Waals surface area contributed by atoms with Crippen LogP contribution < -0.4 is 0 Å². The van der Waals surface area contributed by atoms with Gasteiger partial charge >= 0.3 is 0 Å². The summed E-state index contributed by atoms with van der Waals surface area (Å²) < 4.78 is 13.2. The Labute approximate surface area is 166 Å². The van der Waals surface area contributed by atoms with E-state index < -0.39 is 0 Å². The van der Waals surface area contributed by atoms with Gasteiger partial charge in [0.25, 0.3) is 5.91 Å². The van der Waals surface area contributed by atoms with Gasteiger partial charge in [0.2, 0.25) is 5.89 Å². The number of amides is 1. The van der Waals surface area contributed by atoms with Crippen molar-refractivity contribution in [2.45, 2.75) is 19.1 Å². The van der Waals surface area contributed by atoms with Crippen LogP contribution in [0.25, 0.3) is 5.65 Å². The third kappa shape index (κ3) is 3.07. The van der Waals surface area contributed by atoms with Crippen molar-refractivity contribution in [3.8, 4) is 0 Å². The average Bonchev–Trinajstić information content (AvgIpc) is 3.40. The second-order valence-corrected chi connectivity index (χ2v) is 6.87. The van der Waals surface area contributed by atoms with Gasteiger partial charge in [-0.15, -0.1) is 0 Å². The van der Waals surface area contributed by atoms with Gasteiger partial charge in [0.1, 0.15) is 23.5 Å². The molecule has 29 heavy (non-hydrogen) atoms. The molecule has 1 unspecified atom stereocenters. The van der Waals surface area contributed by atoms with Crippen molar-refractivity contribution in [3.63, 3.8) is 0 Å². The molecule has 3 aromatic heterocycles. The number of rotatable bonds is 4. The zero-order valence-electron chi connectivity index (χ0n) is 15.9. The number of ether oxygens (including phenoxy) is 1. The largest absolute Gasteiger partial charge is 0.442 e. The molecular formula is C21H19N5O3. The van der Waals surface area contributed by atoms with Gasteiger partial charge in [0, 0.05) is 20.1 Å². The normalized spacial score (nSPS) is 14.7. The van der Waals surface area contributed by atoms with E-state index in [0.717, 1.165) is 17.0 Å². The molecule has 1 aliphatic rings. The van der Waals surface area contributed by atoms with Crippen molar-refractivity contribution < 1.29 is 13.9 Å². The fourth-order valence-electron chi connectivity index (χ4n) is 3.68. The molecule has 0 N–H and O–H groups in total. The van der Waals surface area contributed by atoms with Crippen molar-refractivity contribution in [2.24, 2.45) is 0 Å². The summed E-state index contributed by atoms with van der Waals surface area (Å²) in [4.78, 5) is 23.7. The van der Waals surface area contributed by atoms with Crippen LogP contribution in [0.3, 0.4) is 0 Å². The van der Waals surface area contributed by atoms with Crippen LogP contribution in [0.1, 0.15) is 39.5 Å². The number of methoxy groups -OCH3 is 1. The molecule has 0 fully saturated rings. The lowest BCUT2D eigenvalue weighted by Crippen LogP contribution is -2.36. The molecule has 1 amide bonds. The molecule has 0 radical (unpaired) electrons. The van der Waals surface area contributed by atoms with Crippen LogP contribution in [0, 0.1) is 0 Å². The van der Waals surface area contributed by atoms with Gasteiger partial charge in [-0.2, -0.15) is 5.10 Å². The maximum atomic E-state index is 13.1. The van der Waals surface area contributed by atoms with Crippen LogP contribution in [-0.4, -0.2) is 44.0 Å². The highest BCUT2D eigenvalue weighted by molar-refractivity contribution is 5.93. The topological polar surface area (TPSA) is 85.8 Å². The minimum absolute atomic E-state index is 0.109. The zero-order valence-corrected chi connectivity index (χ0v) is 15.9. The Kier molecular flexibility index (Phi) is 4.33. The molecule has 0 aliphatic carbocycles. The van der Waals surface area contributed by atoms with Crippen LogP contribution in [-0.2, 0) is 17.7 Å². The first-order valence-electron chi connectivity index (χ1n) is 9.39. The van der Waals surface area contributed by atoms with Crippen LogP contribution in [0.4, 0.5) is 0 Å². The first-order valence-corrected chi connectivity index (χ1v) is 9.39. The van der Waals surface area contributed by atoms with Gasteiger partial charge < -0.3 is 14.1 Å². The quantitative estimate of drug-likeness (QED) is 0.533. The van der Waals surface area contributed by atoms with Gasteiger partial charge in [0.15, 0.2) is 11.8 Å². The Morgan fingerprint density at radius 3 is 2.86 bits per heavy atom. The van der Waals surface area contributed by atoms with Crippen LogP contribution in [0.5, 0.6) is 0 Å². The summed E-state index contributed by atoms with van der Waals surface area (Å²) in [6.07, 6.45) is 1.67. The number of benzene rings is 1. The van der Waals surface area contributed by atoms with E-state index >= 15 is 0 Å². The number of pyridine rings is 1. The van der Waals surface area contributed by atoms with E-state index in [1.807, 2.05) is 42.5 Å². The minimum atomic E-state index is -0.380. The predicted molar refractivity (Wildman–Crippen MR) is 103 cm³/mol. The Morgan fingerprint density at radius 2 is 2.03 bits per heavy atom. The number of aromatic nitrogens is 4. The maximum Gasteiger partial charge on any atom is 0.272 e. The van der Waals surface area contributed by atoms with Gasteiger partial charge in [-0.05, 0) is 17.7 Å². The number of hydrogen-bond acceptors (Lipinski definition) is 6. The summed E-state index contributed by atoms with van der Waals surface area (Å²) in [5.74, 6) is 1.21. The van der Waals surface area contributed by atoms with E-state index in [2.05, 4.69) is 15.1 Å². The summed E-state index contributed by atoms with van der Waals surface area (Å²) in [5, 5.41) is 4.16. The molecule has 0 bridgehead atoms. The van der Waals surface area contributed by atoms with Crippen molar-refractivity contribution in [2.75, 3.05) is 13.7 Å². The molecule has 1 atom stereocenters. The summed E-state index contributed by atoms with van der Waals surface area (Å²) in [6.45, 7) is 0.933. The zero-order chi connectivity index (χ0) is 19.8. The monoisotopic (exact) mass is 389 g/mol. The predicted octanol–water partition coefficient (Wildman–Crippen LogP) is 2.65. The first-order chi connectivity index (χ1) is 14.2. The Morgan fingerprint density at radius 1 is 1.17 bits per heavy atom. The molecule has 146 valence electrons. The van der Waals surface area contributed by atoms with E-state index in [4.69, 9.17) is 9.15 Å². The highest BCUT2D eigenvalue weighted by atomic mass is 16.5. The fourth-order valence-corrected chi connectivity index (χ4v) is 3.68. The molecular weight excluding hydrogens is 370 g/mol. The summed E-state index contributed by atoms with van der Waals surface area (Å²) >= 11 is 0. The van der Waals surface area contributed by atoms with Gasteiger partial charge in [-0.1, -0.05) is 36.4 Å². The third-order valence-electron chi connectivity index (χ3n) is 5.11. The van der Waals surface area contributed by atoms with E-state index in [1.54, 1.807) is 22.6 Å². The van der Waals surface area contributed by atoms with Crippen molar-refractivity contribution in [1.82, 2.24) is 24.5 Å². The van der Waals surface area contributed by atoms with Crippen LogP contribution in [0.15, 0.2) is 59.3 Å². The number of carbonyl (C=O) groups is 1. The van der Waals surface area contributed by atoms with E-state index in [0.29, 0.717) is 36.7 Å². The molecule has 0 spiro atoms. The standard InChI is InChI=1S/C21H19N5O3/c1-28-19(14-6-3-2-4-7-14)20-24-15-12-25(11-10-17(15)29-20)21(27)16-8-5-9-18-22-13-23-26(16)18/h2-9,13,19H,10-12H2,1H3. The number of hydrogen-bond donors (Lipinski definition) is 0. The second-order valence-electron chi connectivity index (χ2n) is 6.87. The molecule has 8 nitrogen and oxygen atoms in total. The second kappa shape index (κ2) is 7.14. The Bertz CT molecular complexity index is 1170. The molecule has 8 heteroatoms. The molecule has 5 rings (SSSR count). The number of carbonyl (C=O) groups excluding carboxylic acids is 1. The van der Waals surface area contributed by atoms with Crippen LogP contribution >= 0.6 is 0 Å². The molecule has 4 heterocycles. The SMILES string of the molecule is COC(c1ccccc1)c1nc2c(o1)CCN(C(=O)c1cccc3ncnn13)C2. The fraction of sp³-hybridized carbons (Fsp3) is 0.238. The Balaban J connectivity index is 1.41. The minimum Gasteiger partial charge on any atom is -0.442 e. The van der Waals surface area contributed by atoms with Crippen molar-refractivity contribution in [1.29, 1.82) is 0 Å². The number of oxazole rings is 1. The molecule has 1 aromatic carbocycles. The van der Waals surface area contributed by atoms with Crippen molar-refractivity contribution >= 4 is 11.6 Å². The van der Waals surface area contributed by atoms with E-state index in [1.165, 1.54) is 6.33 Å². The van der Waals surface area contributed by atoms with E-state index in [9.17, 15) is 4.79 Å². The van der Waals surface area contributed by atoms with E-state index in [-0.39, 0.29) is 12.0 Å². The average molecular weight is 389 g/mol. The van der Waals surface area contributed by atoms with Crippen molar-refractivity contribution in [3.05, 3.63) is 83.5 Å². The lowest BCUT2D eigenvalue weighted by atomic mass is 10.1. The van der Waals surface area contributed by atoms with Crippen LogP contribution in [0.2, 0.25) is 0 Å². The molecule has 0 saturated carbocycles. The molecule has 4 aromatic rings. The highest BCUT2D eigenvalue weighted by Crippen LogP contribution is 2.29. The summed E-state index contributed by atoms with van der Waals surface area (Å²) in [5.41, 5.74) is 2.86. The molecule has 0 saturated heterocycles. The van der Waals surface area contributed by atoms with Gasteiger partial charge in [-0.3, -0.25) is 4.79 Å². The smallest absolute Gasteiger partial charge is 0.272 e. The van der Waals surface area contributed by atoms with Gasteiger partial charge in [0.05, 0.1) is 6.54 Å². The first kappa shape index (κ1) is 17.6. The lowest BCUT2D eigenvalue weighted by Gasteiger charge is -2.25. The number of nitrogens with zero attached hydrogens (tertiary/aromatic N) is 5. The number of fused-ring (bicyclic) bond motifs is 2. The molecule has 1 aliphatic heterocycles. The summed E-state index contributed by atoms with van der Waals surface area (Å²) in [7, 11) is 1.63. The Hall–Kier alpha value is -3.52. The lowest BCUT2D eigenvalue weighted by molar-refractivity contribution is 0.0718. The maximum absolute atomic E-state index is 13.1. The van der Waals surface area contributed by atoms with Gasteiger partial charge in [-0.25, -0.2) is 14.5 Å². The third-order valence-corrected chi connectivity index (χ3v) is 5.11. The summed E-state index contributed by atoms with van der Waals surface area (Å²) in [6, 6.07) is 15.2.